The average molecular weight is 571 g/mol. The standard InChI is InChI=1S/C33H34N2O5S/c1-36-32-26(18-25-19-27(35-33(34-25)41-2)23-14-8-4-9-15-23)29(37-20-22-12-6-3-7-13-22)30-28(39-32)21-38-31(40-30)24-16-10-5-11-17-24/h3-17,19,26,28-32H,18,20-21H2,1-2H3/t26-,28+,29-,30+,31?,32-/m0/s1. The Kier molecular flexibility index (Phi) is 9.06. The van der Waals surface area contributed by atoms with Gasteiger partial charge in [-0.25, -0.2) is 9.97 Å². The van der Waals surface area contributed by atoms with Crippen LogP contribution in [0.2, 0.25) is 0 Å². The first-order valence-electron chi connectivity index (χ1n) is 13.8. The van der Waals surface area contributed by atoms with Crippen molar-refractivity contribution in [1.82, 2.24) is 9.97 Å². The van der Waals surface area contributed by atoms with Gasteiger partial charge in [-0.2, -0.15) is 0 Å². The van der Waals surface area contributed by atoms with Crippen LogP contribution in [-0.2, 0) is 36.7 Å². The van der Waals surface area contributed by atoms with E-state index in [0.29, 0.717) is 19.6 Å². The van der Waals surface area contributed by atoms with Gasteiger partial charge in [-0.1, -0.05) is 103 Å². The SMILES string of the molecule is CO[C@H]1O[C@@H]2COC(c3ccccc3)O[C@H]2[C@@H](OCc2ccccc2)[C@@H]1Cc1cc(-c2ccccc2)nc(SC)n1. The molecule has 0 aliphatic carbocycles. The highest BCUT2D eigenvalue weighted by atomic mass is 32.2. The summed E-state index contributed by atoms with van der Waals surface area (Å²) in [6.45, 7) is 0.821. The van der Waals surface area contributed by atoms with Crippen LogP contribution in [0.1, 0.15) is 23.1 Å². The predicted octanol–water partition coefficient (Wildman–Crippen LogP) is 6.10. The lowest BCUT2D eigenvalue weighted by Gasteiger charge is -2.49. The molecule has 3 aromatic carbocycles. The number of methoxy groups -OCH3 is 1. The van der Waals surface area contributed by atoms with Crippen LogP contribution in [0.15, 0.2) is 102 Å². The summed E-state index contributed by atoms with van der Waals surface area (Å²) < 4.78 is 31.8. The molecule has 41 heavy (non-hydrogen) atoms. The van der Waals surface area contributed by atoms with Gasteiger partial charge in [0.15, 0.2) is 17.7 Å². The van der Waals surface area contributed by atoms with E-state index in [2.05, 4.69) is 30.3 Å². The molecule has 4 aromatic rings. The zero-order valence-corrected chi connectivity index (χ0v) is 24.0. The first-order valence-corrected chi connectivity index (χ1v) is 15.1. The molecule has 6 rings (SSSR count). The molecule has 0 bridgehead atoms. The third-order valence-electron chi connectivity index (χ3n) is 7.51. The van der Waals surface area contributed by atoms with Gasteiger partial charge in [-0.05, 0) is 17.9 Å². The van der Waals surface area contributed by atoms with Gasteiger partial charge in [0.25, 0.3) is 0 Å². The van der Waals surface area contributed by atoms with Crippen molar-refractivity contribution in [2.24, 2.45) is 5.92 Å². The zero-order valence-electron chi connectivity index (χ0n) is 23.2. The van der Waals surface area contributed by atoms with Crippen molar-refractivity contribution in [3.8, 4) is 11.3 Å². The third-order valence-corrected chi connectivity index (χ3v) is 8.06. The quantitative estimate of drug-likeness (QED) is 0.177. The summed E-state index contributed by atoms with van der Waals surface area (Å²) in [4.78, 5) is 9.65. The Hall–Kier alpha value is -3.11. The Morgan fingerprint density at radius 3 is 2.29 bits per heavy atom. The Balaban J connectivity index is 1.33. The maximum absolute atomic E-state index is 6.72. The van der Waals surface area contributed by atoms with Crippen LogP contribution in [0.3, 0.4) is 0 Å². The van der Waals surface area contributed by atoms with Gasteiger partial charge >= 0.3 is 0 Å². The molecule has 2 aliphatic rings. The molecule has 1 aromatic heterocycles. The molecular formula is C33H34N2O5S. The highest BCUT2D eigenvalue weighted by molar-refractivity contribution is 7.98. The maximum Gasteiger partial charge on any atom is 0.188 e. The second-order valence-electron chi connectivity index (χ2n) is 10.2. The molecule has 0 radical (unpaired) electrons. The van der Waals surface area contributed by atoms with Gasteiger partial charge in [-0.15, -0.1) is 0 Å². The van der Waals surface area contributed by atoms with Crippen molar-refractivity contribution in [3.05, 3.63) is 114 Å². The van der Waals surface area contributed by atoms with E-state index in [4.69, 9.17) is 33.7 Å². The fraction of sp³-hybridized carbons (Fsp3) is 0.333. The lowest BCUT2D eigenvalue weighted by molar-refractivity contribution is -0.356. The molecule has 1 unspecified atom stereocenters. The molecule has 212 valence electrons. The lowest BCUT2D eigenvalue weighted by atomic mass is 9.86. The summed E-state index contributed by atoms with van der Waals surface area (Å²) in [5, 5.41) is 0.720. The predicted molar refractivity (Wildman–Crippen MR) is 157 cm³/mol. The number of aromatic nitrogens is 2. The van der Waals surface area contributed by atoms with Crippen LogP contribution in [0.25, 0.3) is 11.3 Å². The number of rotatable bonds is 9. The monoisotopic (exact) mass is 570 g/mol. The molecule has 0 N–H and O–H groups in total. The van der Waals surface area contributed by atoms with Gasteiger partial charge in [0.2, 0.25) is 0 Å². The largest absolute Gasteiger partial charge is 0.370 e. The molecule has 2 aliphatic heterocycles. The minimum Gasteiger partial charge on any atom is -0.370 e. The first kappa shape index (κ1) is 28.0. The Morgan fingerprint density at radius 1 is 0.878 bits per heavy atom. The molecule has 8 heteroatoms. The molecular weight excluding hydrogens is 536 g/mol. The molecule has 0 amide bonds. The number of hydrogen-bond donors (Lipinski definition) is 0. The molecule has 2 saturated heterocycles. The summed E-state index contributed by atoms with van der Waals surface area (Å²) in [5.41, 5.74) is 4.89. The van der Waals surface area contributed by atoms with Gasteiger partial charge in [0.1, 0.15) is 12.2 Å². The van der Waals surface area contributed by atoms with E-state index >= 15 is 0 Å². The van der Waals surface area contributed by atoms with Crippen LogP contribution < -0.4 is 0 Å². The summed E-state index contributed by atoms with van der Waals surface area (Å²) in [7, 11) is 1.67. The topological polar surface area (TPSA) is 71.9 Å². The van der Waals surface area contributed by atoms with Crippen molar-refractivity contribution in [3.63, 3.8) is 0 Å². The fourth-order valence-corrected chi connectivity index (χ4v) is 5.90. The van der Waals surface area contributed by atoms with Gasteiger partial charge in [-0.3, -0.25) is 0 Å². The molecule has 6 atom stereocenters. The maximum atomic E-state index is 6.72. The highest BCUT2D eigenvalue weighted by Gasteiger charge is 2.51. The highest BCUT2D eigenvalue weighted by Crippen LogP contribution is 2.39. The van der Waals surface area contributed by atoms with Crippen LogP contribution in [-0.4, -0.2) is 54.5 Å². The average Bonchev–Trinajstić information content (AvgIpc) is 3.04. The van der Waals surface area contributed by atoms with Gasteiger partial charge < -0.3 is 23.7 Å². The van der Waals surface area contributed by atoms with Crippen molar-refractivity contribution in [2.75, 3.05) is 20.0 Å². The second-order valence-corrected chi connectivity index (χ2v) is 11.0. The molecule has 0 spiro atoms. The Labute approximate surface area is 245 Å². The molecule has 7 nitrogen and oxygen atoms in total. The van der Waals surface area contributed by atoms with Crippen molar-refractivity contribution in [1.29, 1.82) is 0 Å². The van der Waals surface area contributed by atoms with Crippen molar-refractivity contribution >= 4 is 11.8 Å². The van der Waals surface area contributed by atoms with Crippen molar-refractivity contribution < 1.29 is 23.7 Å². The number of fused-ring (bicyclic) bond motifs is 1. The summed E-state index contributed by atoms with van der Waals surface area (Å²) in [6, 6.07) is 32.4. The lowest BCUT2D eigenvalue weighted by Crippen LogP contribution is -2.60. The van der Waals surface area contributed by atoms with Crippen LogP contribution >= 0.6 is 11.8 Å². The number of thioether (sulfide) groups is 1. The van der Waals surface area contributed by atoms with Crippen molar-refractivity contribution in [2.45, 2.75) is 49.1 Å². The normalized spacial score (nSPS) is 25.9. The zero-order chi connectivity index (χ0) is 28.0. The second kappa shape index (κ2) is 13.2. The van der Waals surface area contributed by atoms with E-state index in [1.807, 2.05) is 73.0 Å². The smallest absolute Gasteiger partial charge is 0.188 e. The minimum absolute atomic E-state index is 0.187. The van der Waals surface area contributed by atoms with Crippen LogP contribution in [0.4, 0.5) is 0 Å². The van der Waals surface area contributed by atoms with Crippen LogP contribution in [0.5, 0.6) is 0 Å². The number of benzene rings is 3. The summed E-state index contributed by atoms with van der Waals surface area (Å²) in [5.74, 6) is -0.187. The fourth-order valence-electron chi connectivity index (χ4n) is 5.50. The molecule has 3 heterocycles. The van der Waals surface area contributed by atoms with E-state index < -0.39 is 12.6 Å². The van der Waals surface area contributed by atoms with Gasteiger partial charge in [0, 0.05) is 36.3 Å². The number of nitrogens with zero attached hydrogens (tertiary/aromatic N) is 2. The Bertz CT molecular complexity index is 1390. The van der Waals surface area contributed by atoms with E-state index in [0.717, 1.165) is 33.2 Å². The minimum atomic E-state index is -0.523. The van der Waals surface area contributed by atoms with E-state index in [1.54, 1.807) is 7.11 Å². The molecule has 2 fully saturated rings. The summed E-state index contributed by atoms with van der Waals surface area (Å²) in [6.07, 6.45) is 0.513. The van der Waals surface area contributed by atoms with E-state index in [1.165, 1.54) is 11.8 Å². The van der Waals surface area contributed by atoms with Crippen LogP contribution in [0, 0.1) is 5.92 Å². The third kappa shape index (κ3) is 6.54. The van der Waals surface area contributed by atoms with E-state index in [9.17, 15) is 0 Å². The molecule has 0 saturated carbocycles. The van der Waals surface area contributed by atoms with Gasteiger partial charge in [0.05, 0.1) is 25.0 Å². The Morgan fingerprint density at radius 2 is 1.59 bits per heavy atom. The van der Waals surface area contributed by atoms with E-state index in [-0.39, 0.29) is 24.2 Å². The first-order chi connectivity index (χ1) is 20.2. The number of ether oxygens (including phenoxy) is 5. The number of hydrogen-bond acceptors (Lipinski definition) is 8. The summed E-state index contributed by atoms with van der Waals surface area (Å²) >= 11 is 1.53.